The van der Waals surface area contributed by atoms with Gasteiger partial charge < -0.3 is 5.32 Å². The van der Waals surface area contributed by atoms with E-state index in [1.807, 2.05) is 0 Å². The molecule has 42 valence electrons. The third-order valence-corrected chi connectivity index (χ3v) is 0.717. The van der Waals surface area contributed by atoms with Crippen molar-refractivity contribution in [3.05, 3.63) is 12.7 Å². The molecule has 0 spiro atoms. The number of nitrogens with one attached hydrogen (secondary N) is 1. The molecule has 0 radical (unpaired) electrons. The summed E-state index contributed by atoms with van der Waals surface area (Å²) in [6.45, 7) is 0. The van der Waals surface area contributed by atoms with E-state index < -0.39 is 0 Å². The summed E-state index contributed by atoms with van der Waals surface area (Å²) >= 11 is 0. The minimum atomic E-state index is 0.597. The van der Waals surface area contributed by atoms with Crippen molar-refractivity contribution in [3.63, 3.8) is 0 Å². The third-order valence-electron chi connectivity index (χ3n) is 0.717. The SMILES string of the molecule is CNc1ncncn1. The van der Waals surface area contributed by atoms with E-state index in [1.54, 1.807) is 7.05 Å². The quantitative estimate of drug-likeness (QED) is 0.549. The molecule has 1 N–H and O–H groups in total. The van der Waals surface area contributed by atoms with Crippen LogP contribution in [0.15, 0.2) is 12.7 Å². The Kier molecular flexibility index (Phi) is 1.37. The van der Waals surface area contributed by atoms with Gasteiger partial charge in [0.25, 0.3) is 0 Å². The second kappa shape index (κ2) is 2.20. The van der Waals surface area contributed by atoms with Gasteiger partial charge in [0, 0.05) is 7.05 Å². The number of hydrogen-bond acceptors (Lipinski definition) is 4. The van der Waals surface area contributed by atoms with Gasteiger partial charge in [-0.2, -0.15) is 0 Å². The summed E-state index contributed by atoms with van der Waals surface area (Å²) < 4.78 is 0. The molecule has 0 aliphatic heterocycles. The predicted molar refractivity (Wildman–Crippen MR) is 29.4 cm³/mol. The van der Waals surface area contributed by atoms with Crippen molar-refractivity contribution in [3.8, 4) is 0 Å². The van der Waals surface area contributed by atoms with Gasteiger partial charge in [-0.3, -0.25) is 0 Å². The summed E-state index contributed by atoms with van der Waals surface area (Å²) in [6, 6.07) is 0. The van der Waals surface area contributed by atoms with E-state index >= 15 is 0 Å². The number of nitrogens with zero attached hydrogens (tertiary/aromatic N) is 3. The van der Waals surface area contributed by atoms with Gasteiger partial charge in [0.05, 0.1) is 0 Å². The van der Waals surface area contributed by atoms with E-state index in [2.05, 4.69) is 20.3 Å². The molecule has 0 saturated carbocycles. The van der Waals surface area contributed by atoms with Crippen molar-refractivity contribution in [2.45, 2.75) is 0 Å². The normalized spacial score (nSPS) is 8.62. The Hall–Kier alpha value is -1.19. The first-order chi connectivity index (χ1) is 3.93. The van der Waals surface area contributed by atoms with Gasteiger partial charge in [-0.05, 0) is 0 Å². The summed E-state index contributed by atoms with van der Waals surface area (Å²) in [4.78, 5) is 11.2. The lowest BCUT2D eigenvalue weighted by Crippen LogP contribution is -1.94. The van der Waals surface area contributed by atoms with Crippen LogP contribution in [0.2, 0.25) is 0 Å². The molecule has 0 bridgehead atoms. The minimum absolute atomic E-state index is 0.597. The van der Waals surface area contributed by atoms with Crippen LogP contribution in [-0.4, -0.2) is 22.0 Å². The van der Waals surface area contributed by atoms with Gasteiger partial charge in [0.15, 0.2) is 0 Å². The summed E-state index contributed by atoms with van der Waals surface area (Å²) in [7, 11) is 1.76. The summed E-state index contributed by atoms with van der Waals surface area (Å²) in [5.41, 5.74) is 0. The van der Waals surface area contributed by atoms with E-state index in [4.69, 9.17) is 0 Å². The van der Waals surface area contributed by atoms with Crippen molar-refractivity contribution in [1.29, 1.82) is 0 Å². The highest BCUT2D eigenvalue weighted by Gasteiger charge is 1.82. The van der Waals surface area contributed by atoms with Gasteiger partial charge in [-0.1, -0.05) is 0 Å². The summed E-state index contributed by atoms with van der Waals surface area (Å²) in [5, 5.41) is 2.76. The standard InChI is InChI=1S/C4H6N4/c1-5-4-7-2-6-3-8-4/h2-3H,1H3,(H,5,6,7,8). The molecular formula is C4H6N4. The Balaban J connectivity index is 2.83. The monoisotopic (exact) mass is 110 g/mol. The Bertz CT molecular complexity index is 149. The molecule has 0 atom stereocenters. The van der Waals surface area contributed by atoms with Crippen LogP contribution in [-0.2, 0) is 0 Å². The van der Waals surface area contributed by atoms with Crippen molar-refractivity contribution >= 4 is 5.95 Å². The van der Waals surface area contributed by atoms with Crippen LogP contribution < -0.4 is 5.32 Å². The number of hydrogen-bond donors (Lipinski definition) is 1. The van der Waals surface area contributed by atoms with E-state index in [0.29, 0.717) is 5.95 Å². The topological polar surface area (TPSA) is 50.7 Å². The first kappa shape index (κ1) is 4.96. The molecule has 4 heteroatoms. The molecule has 4 nitrogen and oxygen atoms in total. The Labute approximate surface area is 47.0 Å². The van der Waals surface area contributed by atoms with Crippen LogP contribution in [0.25, 0.3) is 0 Å². The second-order valence-corrected chi connectivity index (χ2v) is 1.21. The number of rotatable bonds is 1. The zero-order chi connectivity index (χ0) is 5.82. The third kappa shape index (κ3) is 0.900. The fraction of sp³-hybridized carbons (Fsp3) is 0.250. The molecule has 1 rings (SSSR count). The van der Waals surface area contributed by atoms with Gasteiger partial charge in [-0.25, -0.2) is 15.0 Å². The molecule has 0 aliphatic carbocycles. The maximum absolute atomic E-state index is 3.76. The van der Waals surface area contributed by atoms with Crippen LogP contribution in [0.3, 0.4) is 0 Å². The molecule has 0 fully saturated rings. The first-order valence-electron chi connectivity index (χ1n) is 2.23. The predicted octanol–water partition coefficient (Wildman–Crippen LogP) is -0.0867. The largest absolute Gasteiger partial charge is 0.357 e. The van der Waals surface area contributed by atoms with Gasteiger partial charge in [0.1, 0.15) is 12.7 Å². The molecule has 0 unspecified atom stereocenters. The smallest absolute Gasteiger partial charge is 0.225 e. The van der Waals surface area contributed by atoms with Crippen molar-refractivity contribution in [2.75, 3.05) is 12.4 Å². The van der Waals surface area contributed by atoms with Gasteiger partial charge in [-0.15, -0.1) is 0 Å². The second-order valence-electron chi connectivity index (χ2n) is 1.21. The maximum Gasteiger partial charge on any atom is 0.225 e. The first-order valence-corrected chi connectivity index (χ1v) is 2.23. The van der Waals surface area contributed by atoms with Crippen LogP contribution in [0.1, 0.15) is 0 Å². The van der Waals surface area contributed by atoms with Crippen LogP contribution in [0.4, 0.5) is 5.95 Å². The minimum Gasteiger partial charge on any atom is -0.357 e. The lowest BCUT2D eigenvalue weighted by Gasteiger charge is -1.90. The molecule has 0 aliphatic rings. The molecule has 1 aromatic rings. The van der Waals surface area contributed by atoms with Crippen LogP contribution in [0.5, 0.6) is 0 Å². The van der Waals surface area contributed by atoms with E-state index in [0.717, 1.165) is 0 Å². The fourth-order valence-corrected chi connectivity index (χ4v) is 0.368. The lowest BCUT2D eigenvalue weighted by molar-refractivity contribution is 1.04. The lowest BCUT2D eigenvalue weighted by atomic mass is 10.9. The molecule has 0 saturated heterocycles. The van der Waals surface area contributed by atoms with E-state index in [9.17, 15) is 0 Å². The fourth-order valence-electron chi connectivity index (χ4n) is 0.368. The Morgan fingerprint density at radius 2 is 2.00 bits per heavy atom. The van der Waals surface area contributed by atoms with Crippen LogP contribution in [0, 0.1) is 0 Å². The number of aromatic nitrogens is 3. The molecular weight excluding hydrogens is 104 g/mol. The zero-order valence-electron chi connectivity index (χ0n) is 4.50. The molecule has 0 aromatic carbocycles. The highest BCUT2D eigenvalue weighted by Crippen LogP contribution is 1.85. The highest BCUT2D eigenvalue weighted by atomic mass is 15.1. The highest BCUT2D eigenvalue weighted by molar-refractivity contribution is 5.17. The number of anilines is 1. The molecule has 1 aromatic heterocycles. The van der Waals surface area contributed by atoms with E-state index in [1.165, 1.54) is 12.7 Å². The molecule has 1 heterocycles. The van der Waals surface area contributed by atoms with Crippen molar-refractivity contribution < 1.29 is 0 Å². The Morgan fingerprint density at radius 1 is 1.38 bits per heavy atom. The summed E-state index contributed by atoms with van der Waals surface area (Å²) in [6.07, 6.45) is 2.89. The van der Waals surface area contributed by atoms with Crippen LogP contribution >= 0.6 is 0 Å². The molecule has 8 heavy (non-hydrogen) atoms. The Morgan fingerprint density at radius 3 is 2.38 bits per heavy atom. The van der Waals surface area contributed by atoms with Gasteiger partial charge in [0.2, 0.25) is 5.95 Å². The van der Waals surface area contributed by atoms with Crippen molar-refractivity contribution in [2.24, 2.45) is 0 Å². The van der Waals surface area contributed by atoms with Gasteiger partial charge >= 0.3 is 0 Å². The maximum atomic E-state index is 3.76. The molecule has 0 amide bonds. The summed E-state index contributed by atoms with van der Waals surface area (Å²) in [5.74, 6) is 0.597. The van der Waals surface area contributed by atoms with E-state index in [-0.39, 0.29) is 0 Å². The zero-order valence-corrected chi connectivity index (χ0v) is 4.50. The average molecular weight is 110 g/mol. The van der Waals surface area contributed by atoms with Crippen molar-refractivity contribution in [1.82, 2.24) is 15.0 Å². The average Bonchev–Trinajstić information content (AvgIpc) is 1.90.